The van der Waals surface area contributed by atoms with Crippen molar-refractivity contribution in [2.75, 3.05) is 0 Å². The third kappa shape index (κ3) is 3.66. The molecule has 19 heavy (non-hydrogen) atoms. The molecule has 0 radical (unpaired) electrons. The Morgan fingerprint density at radius 1 is 1.11 bits per heavy atom. The molecule has 100 valence electrons. The van der Waals surface area contributed by atoms with E-state index in [0.717, 1.165) is 5.56 Å². The molecular formula is C15H16O3S. The Balaban J connectivity index is 2.06. The minimum Gasteiger partial charge on any atom is -0.489 e. The second kappa shape index (κ2) is 5.99. The number of hydrogen-bond donors (Lipinski definition) is 1. The van der Waals surface area contributed by atoms with E-state index < -0.39 is 11.1 Å². The molecule has 1 atom stereocenters. The lowest BCUT2D eigenvalue weighted by molar-refractivity contribution is 0.305. The first-order chi connectivity index (χ1) is 9.06. The summed E-state index contributed by atoms with van der Waals surface area (Å²) in [5.74, 6) is 0.690. The maximum Gasteiger partial charge on any atom is 0.186 e. The van der Waals surface area contributed by atoms with Crippen LogP contribution >= 0.6 is 0 Å². The molecule has 0 amide bonds. The van der Waals surface area contributed by atoms with E-state index in [1.807, 2.05) is 6.92 Å². The van der Waals surface area contributed by atoms with Crippen molar-refractivity contribution >= 4 is 11.1 Å². The summed E-state index contributed by atoms with van der Waals surface area (Å²) < 4.78 is 25.4. The highest BCUT2D eigenvalue weighted by Crippen LogP contribution is 2.17. The molecule has 1 N–H and O–H groups in total. The zero-order chi connectivity index (χ0) is 13.8. The molecule has 1 unspecified atom stereocenters. The van der Waals surface area contributed by atoms with Gasteiger partial charge in [-0.15, -0.1) is 0 Å². The Bertz CT molecular complexity index is 591. The highest BCUT2D eigenvalue weighted by atomic mass is 32.2. The molecule has 0 aromatic heterocycles. The first-order valence-corrected chi connectivity index (χ1v) is 7.07. The molecule has 2 aromatic carbocycles. The minimum absolute atomic E-state index is 0.374. The molecule has 0 saturated carbocycles. The van der Waals surface area contributed by atoms with Gasteiger partial charge < -0.3 is 9.29 Å². The number of ether oxygens (including phenoxy) is 1. The average molecular weight is 276 g/mol. The van der Waals surface area contributed by atoms with Crippen LogP contribution in [0.15, 0.2) is 47.4 Å². The predicted molar refractivity (Wildman–Crippen MR) is 75.7 cm³/mol. The quantitative estimate of drug-likeness (QED) is 0.870. The standard InChI is InChI=1S/C15H16O3S/c1-11-3-4-12(2)13(9-11)10-18-14-5-7-15(8-6-14)19(16)17/h3-9H,10H2,1-2H3,(H,16,17). The van der Waals surface area contributed by atoms with Gasteiger partial charge in [0.1, 0.15) is 12.4 Å². The number of hydrogen-bond acceptors (Lipinski definition) is 2. The summed E-state index contributed by atoms with van der Waals surface area (Å²) in [5, 5.41) is 0. The number of benzene rings is 2. The van der Waals surface area contributed by atoms with Crippen molar-refractivity contribution in [1.29, 1.82) is 0 Å². The van der Waals surface area contributed by atoms with E-state index in [2.05, 4.69) is 25.1 Å². The second-order valence-corrected chi connectivity index (χ2v) is 5.41. The van der Waals surface area contributed by atoms with Crippen LogP contribution in [0.25, 0.3) is 0 Å². The lowest BCUT2D eigenvalue weighted by Gasteiger charge is -2.09. The SMILES string of the molecule is Cc1ccc(C)c(COc2ccc(S(=O)O)cc2)c1. The predicted octanol–water partition coefficient (Wildman–Crippen LogP) is 3.46. The number of aryl methyl sites for hydroxylation is 2. The van der Waals surface area contributed by atoms with Crippen molar-refractivity contribution in [3.05, 3.63) is 59.2 Å². The highest BCUT2D eigenvalue weighted by Gasteiger charge is 2.02. The van der Waals surface area contributed by atoms with Crippen LogP contribution in [0.2, 0.25) is 0 Å². The largest absolute Gasteiger partial charge is 0.489 e. The van der Waals surface area contributed by atoms with Gasteiger partial charge in [-0.3, -0.25) is 0 Å². The Morgan fingerprint density at radius 3 is 2.42 bits per heavy atom. The summed E-state index contributed by atoms with van der Waals surface area (Å²) in [6.07, 6.45) is 0. The van der Waals surface area contributed by atoms with Gasteiger partial charge >= 0.3 is 0 Å². The summed E-state index contributed by atoms with van der Waals surface area (Å²) in [7, 11) is 0. The lowest BCUT2D eigenvalue weighted by Crippen LogP contribution is -1.98. The van der Waals surface area contributed by atoms with Gasteiger partial charge in [0.05, 0.1) is 4.90 Å². The first-order valence-electron chi connectivity index (χ1n) is 5.96. The summed E-state index contributed by atoms with van der Waals surface area (Å²) in [4.78, 5) is 0.374. The van der Waals surface area contributed by atoms with E-state index in [0.29, 0.717) is 17.3 Å². The summed E-state index contributed by atoms with van der Waals surface area (Å²) in [5.41, 5.74) is 3.55. The van der Waals surface area contributed by atoms with Gasteiger partial charge in [0, 0.05) is 0 Å². The molecule has 0 aliphatic rings. The van der Waals surface area contributed by atoms with Crippen LogP contribution in [-0.4, -0.2) is 8.76 Å². The van der Waals surface area contributed by atoms with Crippen LogP contribution in [0.5, 0.6) is 5.75 Å². The van der Waals surface area contributed by atoms with Crippen molar-refractivity contribution in [2.24, 2.45) is 0 Å². The molecule has 0 aliphatic heterocycles. The third-order valence-electron chi connectivity index (χ3n) is 2.92. The van der Waals surface area contributed by atoms with Gasteiger partial charge in [0.25, 0.3) is 0 Å². The Hall–Kier alpha value is -1.65. The summed E-state index contributed by atoms with van der Waals surface area (Å²) >= 11 is -1.94. The van der Waals surface area contributed by atoms with Gasteiger partial charge in [-0.1, -0.05) is 23.8 Å². The van der Waals surface area contributed by atoms with Crippen LogP contribution in [0.1, 0.15) is 16.7 Å². The fourth-order valence-electron chi connectivity index (χ4n) is 1.77. The van der Waals surface area contributed by atoms with Crippen molar-refractivity contribution in [2.45, 2.75) is 25.3 Å². The molecule has 0 fully saturated rings. The zero-order valence-electron chi connectivity index (χ0n) is 10.9. The Morgan fingerprint density at radius 2 is 1.79 bits per heavy atom. The van der Waals surface area contributed by atoms with E-state index in [4.69, 9.17) is 9.29 Å². The van der Waals surface area contributed by atoms with Crippen LogP contribution in [0.4, 0.5) is 0 Å². The maximum atomic E-state index is 10.8. The van der Waals surface area contributed by atoms with Crippen molar-refractivity contribution in [1.82, 2.24) is 0 Å². The van der Waals surface area contributed by atoms with E-state index in [1.165, 1.54) is 11.1 Å². The number of rotatable bonds is 4. The summed E-state index contributed by atoms with van der Waals surface area (Å²) in [6, 6.07) is 12.8. The second-order valence-electron chi connectivity index (χ2n) is 4.44. The van der Waals surface area contributed by atoms with Crippen LogP contribution < -0.4 is 4.74 Å². The maximum absolute atomic E-state index is 10.8. The molecule has 2 rings (SSSR count). The topological polar surface area (TPSA) is 46.5 Å². The minimum atomic E-state index is -1.94. The molecule has 0 bridgehead atoms. The average Bonchev–Trinajstić information content (AvgIpc) is 2.40. The Kier molecular flexibility index (Phi) is 4.35. The molecule has 3 nitrogen and oxygen atoms in total. The van der Waals surface area contributed by atoms with Crippen LogP contribution in [-0.2, 0) is 17.7 Å². The molecule has 4 heteroatoms. The van der Waals surface area contributed by atoms with Crippen molar-refractivity contribution in [3.8, 4) is 5.75 Å². The summed E-state index contributed by atoms with van der Waals surface area (Å²) in [6.45, 7) is 4.60. The fourth-order valence-corrected chi connectivity index (χ4v) is 2.14. The fraction of sp³-hybridized carbons (Fsp3) is 0.200. The Labute approximate surface area is 115 Å². The van der Waals surface area contributed by atoms with Gasteiger partial charge in [-0.2, -0.15) is 0 Å². The highest BCUT2D eigenvalue weighted by molar-refractivity contribution is 7.79. The molecule has 0 saturated heterocycles. The van der Waals surface area contributed by atoms with Crippen LogP contribution in [0.3, 0.4) is 0 Å². The molecule has 0 spiro atoms. The van der Waals surface area contributed by atoms with E-state index in [9.17, 15) is 4.21 Å². The molecule has 0 aliphatic carbocycles. The third-order valence-corrected chi connectivity index (χ3v) is 3.60. The van der Waals surface area contributed by atoms with Crippen molar-refractivity contribution in [3.63, 3.8) is 0 Å². The van der Waals surface area contributed by atoms with Crippen molar-refractivity contribution < 1.29 is 13.5 Å². The normalized spacial score (nSPS) is 12.2. The van der Waals surface area contributed by atoms with E-state index in [1.54, 1.807) is 24.3 Å². The van der Waals surface area contributed by atoms with Gasteiger partial charge in [-0.05, 0) is 49.2 Å². The first kappa shape index (κ1) is 13.8. The molecular weight excluding hydrogens is 260 g/mol. The van der Waals surface area contributed by atoms with E-state index >= 15 is 0 Å². The molecule has 0 heterocycles. The smallest absolute Gasteiger partial charge is 0.186 e. The monoisotopic (exact) mass is 276 g/mol. The molecule has 2 aromatic rings. The zero-order valence-corrected chi connectivity index (χ0v) is 11.7. The van der Waals surface area contributed by atoms with E-state index in [-0.39, 0.29) is 0 Å². The van der Waals surface area contributed by atoms with Gasteiger partial charge in [0.15, 0.2) is 11.1 Å². The van der Waals surface area contributed by atoms with Crippen LogP contribution in [0, 0.1) is 13.8 Å². The van der Waals surface area contributed by atoms with Gasteiger partial charge in [0.2, 0.25) is 0 Å². The van der Waals surface area contributed by atoms with Gasteiger partial charge in [-0.25, -0.2) is 4.21 Å². The lowest BCUT2D eigenvalue weighted by atomic mass is 10.1.